The normalized spacial score (nSPS) is 12.0. The SMILES string of the molecule is CC(C)(C)NS(=O)(=O)c1cccc(NC(=O)c2ccc(I)cc2F)c1. The molecule has 1 amide bonds. The molecule has 2 N–H and O–H groups in total. The molecule has 0 bridgehead atoms. The summed E-state index contributed by atoms with van der Waals surface area (Å²) in [5.74, 6) is -1.28. The molecule has 0 fully saturated rings. The van der Waals surface area contributed by atoms with E-state index in [4.69, 9.17) is 0 Å². The third-order valence-corrected chi connectivity index (χ3v) is 5.45. The number of halogens is 2. The van der Waals surface area contributed by atoms with Gasteiger partial charge < -0.3 is 5.32 Å². The molecule has 2 rings (SSSR count). The number of carbonyl (C=O) groups excluding carboxylic acids is 1. The number of carbonyl (C=O) groups is 1. The van der Waals surface area contributed by atoms with Gasteiger partial charge in [-0.3, -0.25) is 4.79 Å². The molecule has 0 aliphatic heterocycles. The monoisotopic (exact) mass is 476 g/mol. The first-order valence-corrected chi connectivity index (χ1v) is 9.94. The first kappa shape index (κ1) is 19.8. The Balaban J connectivity index is 2.26. The van der Waals surface area contributed by atoms with Crippen LogP contribution in [0.5, 0.6) is 0 Å². The lowest BCUT2D eigenvalue weighted by atomic mass is 10.1. The molecular formula is C17H18FIN2O3S. The van der Waals surface area contributed by atoms with E-state index in [9.17, 15) is 17.6 Å². The van der Waals surface area contributed by atoms with Crippen LogP contribution in [0.1, 0.15) is 31.1 Å². The maximum atomic E-state index is 13.9. The van der Waals surface area contributed by atoms with E-state index in [-0.39, 0.29) is 16.1 Å². The first-order chi connectivity index (χ1) is 11.5. The van der Waals surface area contributed by atoms with Crippen molar-refractivity contribution in [3.05, 3.63) is 57.4 Å². The largest absolute Gasteiger partial charge is 0.322 e. The zero-order valence-corrected chi connectivity index (χ0v) is 16.9. The standard InChI is InChI=1S/C17H18FIN2O3S/c1-17(2,3)21-25(23,24)13-6-4-5-12(10-13)20-16(22)14-8-7-11(19)9-15(14)18/h4-10,21H,1-3H3,(H,20,22). The van der Waals surface area contributed by atoms with Gasteiger partial charge in [0, 0.05) is 14.8 Å². The number of sulfonamides is 1. The van der Waals surface area contributed by atoms with E-state index in [1.165, 1.54) is 30.3 Å². The molecule has 0 saturated carbocycles. The summed E-state index contributed by atoms with van der Waals surface area (Å²) in [6, 6.07) is 10.1. The van der Waals surface area contributed by atoms with Gasteiger partial charge in [0.05, 0.1) is 10.5 Å². The van der Waals surface area contributed by atoms with Crippen LogP contribution in [-0.4, -0.2) is 19.9 Å². The third kappa shape index (κ3) is 5.48. The van der Waals surface area contributed by atoms with Crippen LogP contribution in [0.2, 0.25) is 0 Å². The van der Waals surface area contributed by atoms with Gasteiger partial charge in [0.2, 0.25) is 10.0 Å². The fraction of sp³-hybridized carbons (Fsp3) is 0.235. The lowest BCUT2D eigenvalue weighted by Crippen LogP contribution is -2.40. The van der Waals surface area contributed by atoms with E-state index >= 15 is 0 Å². The van der Waals surface area contributed by atoms with E-state index < -0.39 is 27.3 Å². The minimum absolute atomic E-state index is 0.0170. The smallest absolute Gasteiger partial charge is 0.258 e. The second-order valence-corrected chi connectivity index (χ2v) is 9.39. The van der Waals surface area contributed by atoms with Gasteiger partial charge >= 0.3 is 0 Å². The zero-order valence-electron chi connectivity index (χ0n) is 13.9. The van der Waals surface area contributed by atoms with Crippen molar-refractivity contribution in [3.63, 3.8) is 0 Å². The summed E-state index contributed by atoms with van der Waals surface area (Å²) in [6.45, 7) is 5.20. The Bertz CT molecular complexity index is 908. The van der Waals surface area contributed by atoms with Crippen molar-refractivity contribution in [2.24, 2.45) is 0 Å². The molecular weight excluding hydrogens is 458 g/mol. The molecule has 2 aromatic carbocycles. The molecule has 0 atom stereocenters. The molecule has 0 radical (unpaired) electrons. The van der Waals surface area contributed by atoms with Crippen molar-refractivity contribution in [2.45, 2.75) is 31.2 Å². The molecule has 8 heteroatoms. The Labute approximate surface area is 160 Å². The number of hydrogen-bond acceptors (Lipinski definition) is 3. The maximum absolute atomic E-state index is 13.9. The Hall–Kier alpha value is -1.52. The number of amides is 1. The van der Waals surface area contributed by atoms with Gasteiger partial charge in [0.25, 0.3) is 5.91 Å². The lowest BCUT2D eigenvalue weighted by Gasteiger charge is -2.20. The second-order valence-electron chi connectivity index (χ2n) is 6.46. The second kappa shape index (κ2) is 7.38. The molecule has 5 nitrogen and oxygen atoms in total. The van der Waals surface area contributed by atoms with Gasteiger partial charge in [-0.25, -0.2) is 17.5 Å². The van der Waals surface area contributed by atoms with Crippen LogP contribution in [0.4, 0.5) is 10.1 Å². The number of rotatable bonds is 4. The summed E-state index contributed by atoms with van der Waals surface area (Å²) in [5, 5.41) is 2.52. The molecule has 0 unspecified atom stereocenters. The van der Waals surface area contributed by atoms with Crippen molar-refractivity contribution in [3.8, 4) is 0 Å². The maximum Gasteiger partial charge on any atom is 0.258 e. The average Bonchev–Trinajstić information content (AvgIpc) is 2.44. The minimum atomic E-state index is -3.73. The van der Waals surface area contributed by atoms with Crippen molar-refractivity contribution in [1.82, 2.24) is 4.72 Å². The summed E-state index contributed by atoms with van der Waals surface area (Å²) in [6.07, 6.45) is 0. The van der Waals surface area contributed by atoms with Crippen LogP contribution >= 0.6 is 22.6 Å². The molecule has 0 heterocycles. The number of benzene rings is 2. The Kier molecular flexibility index (Phi) is 5.85. The molecule has 25 heavy (non-hydrogen) atoms. The van der Waals surface area contributed by atoms with E-state index in [0.717, 1.165) is 0 Å². The fourth-order valence-corrected chi connectivity index (χ4v) is 3.99. The molecule has 0 saturated heterocycles. The van der Waals surface area contributed by atoms with Crippen LogP contribution in [-0.2, 0) is 10.0 Å². The molecule has 134 valence electrons. The predicted octanol–water partition coefficient (Wildman–Crippen LogP) is 3.76. The van der Waals surface area contributed by atoms with Gasteiger partial charge in [0.1, 0.15) is 5.82 Å². The minimum Gasteiger partial charge on any atom is -0.322 e. The average molecular weight is 476 g/mol. The number of nitrogens with one attached hydrogen (secondary N) is 2. The Morgan fingerprint density at radius 3 is 2.40 bits per heavy atom. The van der Waals surface area contributed by atoms with Crippen LogP contribution < -0.4 is 10.0 Å². The highest BCUT2D eigenvalue weighted by Crippen LogP contribution is 2.19. The highest BCUT2D eigenvalue weighted by atomic mass is 127. The molecule has 0 aromatic heterocycles. The predicted molar refractivity (Wildman–Crippen MR) is 104 cm³/mol. The summed E-state index contributed by atoms with van der Waals surface area (Å²) < 4.78 is 41.8. The van der Waals surface area contributed by atoms with Crippen LogP contribution in [0, 0.1) is 9.39 Å². The third-order valence-electron chi connectivity index (χ3n) is 3.02. The molecule has 0 aliphatic carbocycles. The van der Waals surface area contributed by atoms with Crippen molar-refractivity contribution in [1.29, 1.82) is 0 Å². The number of anilines is 1. The zero-order chi connectivity index (χ0) is 18.8. The van der Waals surface area contributed by atoms with E-state index in [1.54, 1.807) is 32.9 Å². The van der Waals surface area contributed by atoms with Gasteiger partial charge in [-0.1, -0.05) is 6.07 Å². The van der Waals surface area contributed by atoms with E-state index in [2.05, 4.69) is 10.0 Å². The van der Waals surface area contributed by atoms with Crippen molar-refractivity contribution < 1.29 is 17.6 Å². The quantitative estimate of drug-likeness (QED) is 0.661. The highest BCUT2D eigenvalue weighted by Gasteiger charge is 2.22. The van der Waals surface area contributed by atoms with E-state index in [0.29, 0.717) is 3.57 Å². The van der Waals surface area contributed by atoms with Gasteiger partial charge in [-0.15, -0.1) is 0 Å². The Morgan fingerprint density at radius 2 is 1.80 bits per heavy atom. The summed E-state index contributed by atoms with van der Waals surface area (Å²) in [7, 11) is -3.73. The van der Waals surface area contributed by atoms with Gasteiger partial charge in [-0.05, 0) is 79.8 Å². The summed E-state index contributed by atoms with van der Waals surface area (Å²) >= 11 is 1.95. The van der Waals surface area contributed by atoms with Gasteiger partial charge in [0.15, 0.2) is 0 Å². The van der Waals surface area contributed by atoms with Gasteiger partial charge in [-0.2, -0.15) is 0 Å². The van der Waals surface area contributed by atoms with Crippen molar-refractivity contribution >= 4 is 44.2 Å². The summed E-state index contributed by atoms with van der Waals surface area (Å²) in [4.78, 5) is 12.2. The van der Waals surface area contributed by atoms with Crippen LogP contribution in [0.15, 0.2) is 47.4 Å². The molecule has 2 aromatic rings. The van der Waals surface area contributed by atoms with E-state index in [1.807, 2.05) is 22.6 Å². The summed E-state index contributed by atoms with van der Waals surface area (Å²) in [5.41, 5.74) is -0.483. The van der Waals surface area contributed by atoms with Crippen molar-refractivity contribution in [2.75, 3.05) is 5.32 Å². The fourth-order valence-electron chi connectivity index (χ4n) is 2.08. The lowest BCUT2D eigenvalue weighted by molar-refractivity contribution is 0.102. The number of hydrogen-bond donors (Lipinski definition) is 2. The molecule has 0 aliphatic rings. The topological polar surface area (TPSA) is 75.3 Å². The highest BCUT2D eigenvalue weighted by molar-refractivity contribution is 14.1. The van der Waals surface area contributed by atoms with Crippen LogP contribution in [0.3, 0.4) is 0 Å². The molecule has 0 spiro atoms. The first-order valence-electron chi connectivity index (χ1n) is 7.38. The van der Waals surface area contributed by atoms with Crippen LogP contribution in [0.25, 0.3) is 0 Å². The Morgan fingerprint density at radius 1 is 1.12 bits per heavy atom.